The summed E-state index contributed by atoms with van der Waals surface area (Å²) in [5, 5.41) is 12.2. The van der Waals surface area contributed by atoms with E-state index in [1.165, 1.54) is 0 Å². The molecule has 1 heterocycles. The molecule has 1 aliphatic rings. The molecule has 0 spiro atoms. The minimum Gasteiger partial charge on any atom is -0.380 e. The lowest BCUT2D eigenvalue weighted by Gasteiger charge is -2.21. The fraction of sp³-hybridized carbons (Fsp3) is 0.909. The van der Waals surface area contributed by atoms with E-state index in [4.69, 9.17) is 10.00 Å². The van der Waals surface area contributed by atoms with Gasteiger partial charge in [-0.3, -0.25) is 10.2 Å². The Kier molecular flexibility index (Phi) is 5.03. The standard InChI is InChI=1S/C11H21N3O/c1-9(2)13-10(6-12)7-14-5-4-11(8-14)15-3/h9-11,13H,4-5,7-8H2,1-3H3. The fourth-order valence-electron chi connectivity index (χ4n) is 1.95. The average molecular weight is 211 g/mol. The lowest BCUT2D eigenvalue weighted by Crippen LogP contribution is -2.42. The van der Waals surface area contributed by atoms with Crippen LogP contribution in [0.15, 0.2) is 0 Å². The lowest BCUT2D eigenvalue weighted by molar-refractivity contribution is 0.107. The van der Waals surface area contributed by atoms with Crippen molar-refractivity contribution in [2.75, 3.05) is 26.7 Å². The van der Waals surface area contributed by atoms with Crippen molar-refractivity contribution in [3.05, 3.63) is 0 Å². The maximum atomic E-state index is 8.99. The Labute approximate surface area is 92.2 Å². The molecule has 0 aromatic carbocycles. The van der Waals surface area contributed by atoms with Gasteiger partial charge in [0.05, 0.1) is 12.2 Å². The van der Waals surface area contributed by atoms with E-state index in [1.54, 1.807) is 7.11 Å². The zero-order valence-electron chi connectivity index (χ0n) is 9.86. The first-order valence-electron chi connectivity index (χ1n) is 5.56. The van der Waals surface area contributed by atoms with Crippen molar-refractivity contribution in [3.8, 4) is 6.07 Å². The third-order valence-corrected chi connectivity index (χ3v) is 2.69. The van der Waals surface area contributed by atoms with Crippen molar-refractivity contribution in [2.24, 2.45) is 0 Å². The van der Waals surface area contributed by atoms with E-state index < -0.39 is 0 Å². The highest BCUT2D eigenvalue weighted by Gasteiger charge is 2.24. The molecule has 2 unspecified atom stereocenters. The molecular formula is C11H21N3O. The Bertz CT molecular complexity index is 224. The topological polar surface area (TPSA) is 48.3 Å². The van der Waals surface area contributed by atoms with Gasteiger partial charge in [0, 0.05) is 32.8 Å². The highest BCUT2D eigenvalue weighted by atomic mass is 16.5. The van der Waals surface area contributed by atoms with Crippen LogP contribution >= 0.6 is 0 Å². The summed E-state index contributed by atoms with van der Waals surface area (Å²) in [6.07, 6.45) is 1.43. The van der Waals surface area contributed by atoms with E-state index >= 15 is 0 Å². The first kappa shape index (κ1) is 12.4. The Hall–Kier alpha value is -0.630. The SMILES string of the molecule is COC1CCN(CC(C#N)NC(C)C)C1. The third-order valence-electron chi connectivity index (χ3n) is 2.69. The van der Waals surface area contributed by atoms with Gasteiger partial charge in [-0.25, -0.2) is 0 Å². The van der Waals surface area contributed by atoms with Crippen LogP contribution < -0.4 is 5.32 Å². The van der Waals surface area contributed by atoms with Gasteiger partial charge in [-0.15, -0.1) is 0 Å². The van der Waals surface area contributed by atoms with Crippen LogP contribution in [0.2, 0.25) is 0 Å². The number of rotatable bonds is 5. The Morgan fingerprint density at radius 2 is 2.33 bits per heavy atom. The van der Waals surface area contributed by atoms with Crippen molar-refractivity contribution < 1.29 is 4.74 Å². The highest BCUT2D eigenvalue weighted by Crippen LogP contribution is 2.11. The molecule has 1 rings (SSSR count). The van der Waals surface area contributed by atoms with Crippen LogP contribution in [0.25, 0.3) is 0 Å². The van der Waals surface area contributed by atoms with Gasteiger partial charge in [0.1, 0.15) is 6.04 Å². The smallest absolute Gasteiger partial charge is 0.108 e. The van der Waals surface area contributed by atoms with Crippen LogP contribution in [0.4, 0.5) is 0 Å². The first-order valence-corrected chi connectivity index (χ1v) is 5.56. The normalized spacial score (nSPS) is 24.3. The van der Waals surface area contributed by atoms with E-state index in [-0.39, 0.29) is 6.04 Å². The second-order valence-electron chi connectivity index (χ2n) is 4.41. The summed E-state index contributed by atoms with van der Waals surface area (Å²) in [6, 6.07) is 2.59. The molecule has 0 aliphatic carbocycles. The molecule has 0 aromatic heterocycles. The number of nitrogens with one attached hydrogen (secondary N) is 1. The molecule has 4 nitrogen and oxygen atoms in total. The third kappa shape index (κ3) is 4.17. The van der Waals surface area contributed by atoms with Gasteiger partial charge in [-0.1, -0.05) is 0 Å². The summed E-state index contributed by atoms with van der Waals surface area (Å²) in [7, 11) is 1.75. The average Bonchev–Trinajstić information content (AvgIpc) is 2.64. The number of likely N-dealkylation sites (tertiary alicyclic amines) is 1. The van der Waals surface area contributed by atoms with Gasteiger partial charge in [-0.2, -0.15) is 5.26 Å². The summed E-state index contributed by atoms with van der Waals surface area (Å²) in [5.41, 5.74) is 0. The van der Waals surface area contributed by atoms with E-state index in [2.05, 4.69) is 30.1 Å². The Morgan fingerprint density at radius 3 is 2.80 bits per heavy atom. The quantitative estimate of drug-likeness (QED) is 0.723. The van der Waals surface area contributed by atoms with Crippen LogP contribution in [-0.4, -0.2) is 49.8 Å². The minimum atomic E-state index is -0.0689. The van der Waals surface area contributed by atoms with E-state index in [0.717, 1.165) is 26.1 Å². The monoisotopic (exact) mass is 211 g/mol. The first-order chi connectivity index (χ1) is 7.15. The van der Waals surface area contributed by atoms with Crippen LogP contribution in [0.3, 0.4) is 0 Å². The van der Waals surface area contributed by atoms with Gasteiger partial charge in [0.2, 0.25) is 0 Å². The van der Waals surface area contributed by atoms with E-state index in [0.29, 0.717) is 12.1 Å². The zero-order chi connectivity index (χ0) is 11.3. The van der Waals surface area contributed by atoms with Crippen molar-refractivity contribution in [1.82, 2.24) is 10.2 Å². The molecule has 0 radical (unpaired) electrons. The summed E-state index contributed by atoms with van der Waals surface area (Å²) < 4.78 is 5.29. The molecule has 15 heavy (non-hydrogen) atoms. The fourth-order valence-corrected chi connectivity index (χ4v) is 1.95. The Balaban J connectivity index is 2.31. The molecule has 1 saturated heterocycles. The van der Waals surface area contributed by atoms with Gasteiger partial charge < -0.3 is 4.74 Å². The van der Waals surface area contributed by atoms with Crippen LogP contribution in [-0.2, 0) is 4.74 Å². The molecule has 0 amide bonds. The predicted molar refractivity (Wildman–Crippen MR) is 59.5 cm³/mol. The van der Waals surface area contributed by atoms with Crippen LogP contribution in [0.1, 0.15) is 20.3 Å². The number of nitriles is 1. The molecule has 4 heteroatoms. The van der Waals surface area contributed by atoms with Crippen molar-refractivity contribution in [3.63, 3.8) is 0 Å². The molecule has 1 N–H and O–H groups in total. The van der Waals surface area contributed by atoms with Gasteiger partial charge in [-0.05, 0) is 20.3 Å². The number of hydrogen-bond donors (Lipinski definition) is 1. The predicted octanol–water partition coefficient (Wildman–Crippen LogP) is 0.597. The molecule has 0 aromatic rings. The lowest BCUT2D eigenvalue weighted by atomic mass is 10.2. The Morgan fingerprint density at radius 1 is 1.60 bits per heavy atom. The molecule has 86 valence electrons. The molecule has 0 bridgehead atoms. The second-order valence-corrected chi connectivity index (χ2v) is 4.41. The molecule has 1 aliphatic heterocycles. The summed E-state index contributed by atoms with van der Waals surface area (Å²) in [4.78, 5) is 2.29. The van der Waals surface area contributed by atoms with Crippen molar-refractivity contribution in [1.29, 1.82) is 5.26 Å². The minimum absolute atomic E-state index is 0.0689. The number of hydrogen-bond acceptors (Lipinski definition) is 4. The summed E-state index contributed by atoms with van der Waals surface area (Å²) >= 11 is 0. The second kappa shape index (κ2) is 6.06. The van der Waals surface area contributed by atoms with Crippen molar-refractivity contribution in [2.45, 2.75) is 38.5 Å². The van der Waals surface area contributed by atoms with Gasteiger partial charge in [0.25, 0.3) is 0 Å². The van der Waals surface area contributed by atoms with Gasteiger partial charge in [0.15, 0.2) is 0 Å². The molecule has 2 atom stereocenters. The molecule has 0 saturated carbocycles. The van der Waals surface area contributed by atoms with Crippen LogP contribution in [0.5, 0.6) is 0 Å². The maximum absolute atomic E-state index is 8.99. The highest BCUT2D eigenvalue weighted by molar-refractivity contribution is 4.94. The van der Waals surface area contributed by atoms with E-state index in [1.807, 2.05) is 0 Å². The van der Waals surface area contributed by atoms with E-state index in [9.17, 15) is 0 Å². The molecular weight excluding hydrogens is 190 g/mol. The zero-order valence-corrected chi connectivity index (χ0v) is 9.86. The number of nitrogens with zero attached hydrogens (tertiary/aromatic N) is 2. The largest absolute Gasteiger partial charge is 0.380 e. The van der Waals surface area contributed by atoms with Gasteiger partial charge >= 0.3 is 0 Å². The summed E-state index contributed by atoms with van der Waals surface area (Å²) in [6.45, 7) is 6.91. The van der Waals surface area contributed by atoms with Crippen molar-refractivity contribution >= 4 is 0 Å². The number of methoxy groups -OCH3 is 1. The molecule has 1 fully saturated rings. The summed E-state index contributed by atoms with van der Waals surface area (Å²) in [5.74, 6) is 0. The number of ether oxygens (including phenoxy) is 1. The van der Waals surface area contributed by atoms with Crippen LogP contribution in [0, 0.1) is 11.3 Å². The maximum Gasteiger partial charge on any atom is 0.108 e.